The van der Waals surface area contributed by atoms with Gasteiger partial charge < -0.3 is 10.1 Å². The minimum absolute atomic E-state index is 0.118. The largest absolute Gasteiger partial charge is 0.430 e. The Morgan fingerprint density at radius 1 is 1.40 bits per heavy atom. The molecule has 0 radical (unpaired) electrons. The van der Waals surface area contributed by atoms with E-state index in [1.54, 1.807) is 19.2 Å². The zero-order valence-corrected chi connectivity index (χ0v) is 12.3. The van der Waals surface area contributed by atoms with Gasteiger partial charge in [0, 0.05) is 13.1 Å². The summed E-state index contributed by atoms with van der Waals surface area (Å²) in [6.07, 6.45) is 1.31. The summed E-state index contributed by atoms with van der Waals surface area (Å²) in [5.74, 6) is 0.875. The SMILES string of the molecule is CNc1ncnc(Oc2cc(C)ccc2[N+](=O)[O-])c1Br. The Balaban J connectivity index is 2.44. The molecule has 0 spiro atoms. The van der Waals surface area contributed by atoms with Gasteiger partial charge in [-0.05, 0) is 34.5 Å². The van der Waals surface area contributed by atoms with Crippen molar-refractivity contribution in [1.29, 1.82) is 0 Å². The quantitative estimate of drug-likeness (QED) is 0.679. The van der Waals surface area contributed by atoms with E-state index >= 15 is 0 Å². The summed E-state index contributed by atoms with van der Waals surface area (Å²) in [6.45, 7) is 1.82. The average Bonchev–Trinajstić information content (AvgIpc) is 2.41. The van der Waals surface area contributed by atoms with Crippen LogP contribution in [-0.2, 0) is 0 Å². The van der Waals surface area contributed by atoms with Gasteiger partial charge in [-0.2, -0.15) is 0 Å². The Labute approximate surface area is 123 Å². The first-order valence-corrected chi connectivity index (χ1v) is 6.43. The summed E-state index contributed by atoms with van der Waals surface area (Å²) in [4.78, 5) is 18.5. The Morgan fingerprint density at radius 3 is 2.80 bits per heavy atom. The lowest BCUT2D eigenvalue weighted by Gasteiger charge is -2.09. The molecule has 20 heavy (non-hydrogen) atoms. The number of nitro benzene ring substituents is 1. The molecule has 0 unspecified atom stereocenters. The fraction of sp³-hybridized carbons (Fsp3) is 0.167. The molecule has 2 aromatic rings. The van der Waals surface area contributed by atoms with Crippen LogP contribution in [0.15, 0.2) is 29.0 Å². The van der Waals surface area contributed by atoms with Gasteiger partial charge in [-0.15, -0.1) is 0 Å². The van der Waals surface area contributed by atoms with Crippen LogP contribution in [0.2, 0.25) is 0 Å². The van der Waals surface area contributed by atoms with Crippen LogP contribution in [0.4, 0.5) is 11.5 Å². The molecule has 0 aliphatic carbocycles. The average molecular weight is 339 g/mol. The molecular weight excluding hydrogens is 328 g/mol. The van der Waals surface area contributed by atoms with Crippen LogP contribution in [0, 0.1) is 17.0 Å². The minimum atomic E-state index is -0.497. The van der Waals surface area contributed by atoms with E-state index < -0.39 is 4.92 Å². The molecule has 0 atom stereocenters. The maximum absolute atomic E-state index is 11.0. The second-order valence-electron chi connectivity index (χ2n) is 3.92. The number of hydrogen-bond acceptors (Lipinski definition) is 6. The Hall–Kier alpha value is -2.22. The van der Waals surface area contributed by atoms with Crippen molar-refractivity contribution >= 4 is 27.4 Å². The number of halogens is 1. The van der Waals surface area contributed by atoms with Crippen molar-refractivity contribution in [1.82, 2.24) is 9.97 Å². The number of anilines is 1. The molecule has 1 heterocycles. The highest BCUT2D eigenvalue weighted by Crippen LogP contribution is 2.36. The van der Waals surface area contributed by atoms with Crippen LogP contribution in [-0.4, -0.2) is 21.9 Å². The van der Waals surface area contributed by atoms with Crippen molar-refractivity contribution in [3.63, 3.8) is 0 Å². The molecule has 0 saturated carbocycles. The van der Waals surface area contributed by atoms with Gasteiger partial charge in [0.2, 0.25) is 11.6 Å². The fourth-order valence-electron chi connectivity index (χ4n) is 1.56. The summed E-state index contributed by atoms with van der Waals surface area (Å²) >= 11 is 3.30. The number of hydrogen-bond donors (Lipinski definition) is 1. The van der Waals surface area contributed by atoms with Crippen molar-refractivity contribution < 1.29 is 9.66 Å². The molecule has 0 fully saturated rings. The fourth-order valence-corrected chi connectivity index (χ4v) is 2.04. The number of aromatic nitrogens is 2. The highest BCUT2D eigenvalue weighted by Gasteiger charge is 2.18. The smallest absolute Gasteiger partial charge is 0.311 e. The van der Waals surface area contributed by atoms with Crippen LogP contribution in [0.3, 0.4) is 0 Å². The van der Waals surface area contributed by atoms with Crippen molar-refractivity contribution in [2.24, 2.45) is 0 Å². The Kier molecular flexibility index (Phi) is 4.14. The third kappa shape index (κ3) is 2.85. The molecule has 1 N–H and O–H groups in total. The molecule has 1 aromatic carbocycles. The molecule has 0 bridgehead atoms. The lowest BCUT2D eigenvalue weighted by Crippen LogP contribution is -1.99. The number of rotatable bonds is 4. The van der Waals surface area contributed by atoms with Gasteiger partial charge >= 0.3 is 5.69 Å². The first-order chi connectivity index (χ1) is 9.52. The van der Waals surface area contributed by atoms with Gasteiger partial charge in [-0.3, -0.25) is 10.1 Å². The van der Waals surface area contributed by atoms with Crippen molar-refractivity contribution in [2.45, 2.75) is 6.92 Å². The summed E-state index contributed by atoms with van der Waals surface area (Å²) in [6, 6.07) is 4.64. The zero-order chi connectivity index (χ0) is 14.7. The first kappa shape index (κ1) is 14.2. The van der Waals surface area contributed by atoms with Crippen LogP contribution >= 0.6 is 15.9 Å². The number of aryl methyl sites for hydroxylation is 1. The van der Waals surface area contributed by atoms with Crippen LogP contribution in [0.5, 0.6) is 11.6 Å². The number of nitro groups is 1. The van der Waals surface area contributed by atoms with E-state index in [1.165, 1.54) is 12.4 Å². The molecular formula is C12H11BrN4O3. The standard InChI is InChI=1S/C12H11BrN4O3/c1-7-3-4-8(17(18)19)9(5-7)20-12-10(13)11(14-2)15-6-16-12/h3-6H,1-2H3,(H,14,15,16). The van der Waals surface area contributed by atoms with Gasteiger partial charge in [0.25, 0.3) is 0 Å². The number of benzene rings is 1. The van der Waals surface area contributed by atoms with Crippen molar-refractivity contribution in [2.75, 3.05) is 12.4 Å². The Bertz CT molecular complexity index is 663. The highest BCUT2D eigenvalue weighted by molar-refractivity contribution is 9.10. The molecule has 2 rings (SSSR count). The van der Waals surface area contributed by atoms with E-state index in [0.29, 0.717) is 10.3 Å². The maximum atomic E-state index is 11.0. The lowest BCUT2D eigenvalue weighted by atomic mass is 10.2. The topological polar surface area (TPSA) is 90.2 Å². The molecule has 0 aliphatic heterocycles. The molecule has 1 aromatic heterocycles. The van der Waals surface area contributed by atoms with Gasteiger partial charge in [-0.1, -0.05) is 6.07 Å². The van der Waals surface area contributed by atoms with Gasteiger partial charge in [-0.25, -0.2) is 9.97 Å². The molecule has 8 heteroatoms. The zero-order valence-electron chi connectivity index (χ0n) is 10.8. The van der Waals surface area contributed by atoms with E-state index in [9.17, 15) is 10.1 Å². The normalized spacial score (nSPS) is 10.2. The highest BCUT2D eigenvalue weighted by atomic mass is 79.9. The third-order valence-corrected chi connectivity index (χ3v) is 3.23. The van der Waals surface area contributed by atoms with E-state index in [1.807, 2.05) is 6.92 Å². The second-order valence-corrected chi connectivity index (χ2v) is 4.71. The molecule has 104 valence electrons. The van der Waals surface area contributed by atoms with E-state index in [-0.39, 0.29) is 17.3 Å². The first-order valence-electron chi connectivity index (χ1n) is 5.64. The molecule has 0 saturated heterocycles. The molecule has 0 amide bonds. The number of nitrogens with zero attached hydrogens (tertiary/aromatic N) is 3. The van der Waals surface area contributed by atoms with Crippen LogP contribution < -0.4 is 10.1 Å². The lowest BCUT2D eigenvalue weighted by molar-refractivity contribution is -0.385. The van der Waals surface area contributed by atoms with Crippen LogP contribution in [0.25, 0.3) is 0 Å². The predicted molar refractivity (Wildman–Crippen MR) is 77.2 cm³/mol. The molecule has 0 aliphatic rings. The van der Waals surface area contributed by atoms with Gasteiger partial charge in [0.15, 0.2) is 0 Å². The third-order valence-electron chi connectivity index (χ3n) is 2.51. The number of ether oxygens (including phenoxy) is 1. The maximum Gasteiger partial charge on any atom is 0.311 e. The molecule has 7 nitrogen and oxygen atoms in total. The predicted octanol–water partition coefficient (Wildman–Crippen LogP) is 3.29. The second kappa shape index (κ2) is 5.83. The van der Waals surface area contributed by atoms with E-state index in [0.717, 1.165) is 5.56 Å². The summed E-state index contributed by atoms with van der Waals surface area (Å²) in [7, 11) is 1.70. The van der Waals surface area contributed by atoms with E-state index in [4.69, 9.17) is 4.74 Å². The van der Waals surface area contributed by atoms with Crippen LogP contribution in [0.1, 0.15) is 5.56 Å². The minimum Gasteiger partial charge on any atom is -0.430 e. The van der Waals surface area contributed by atoms with Gasteiger partial charge in [0.05, 0.1) is 4.92 Å². The van der Waals surface area contributed by atoms with Crippen molar-refractivity contribution in [3.8, 4) is 11.6 Å². The summed E-state index contributed by atoms with van der Waals surface area (Å²) in [5.41, 5.74) is 0.733. The van der Waals surface area contributed by atoms with Gasteiger partial charge in [0.1, 0.15) is 16.6 Å². The Morgan fingerprint density at radius 2 is 2.15 bits per heavy atom. The summed E-state index contributed by atoms with van der Waals surface area (Å²) in [5, 5.41) is 13.9. The van der Waals surface area contributed by atoms with Crippen molar-refractivity contribution in [3.05, 3.63) is 44.7 Å². The monoisotopic (exact) mass is 338 g/mol. The summed E-state index contributed by atoms with van der Waals surface area (Å²) < 4.78 is 6.04. The number of nitrogens with one attached hydrogen (secondary N) is 1. The van der Waals surface area contributed by atoms with E-state index in [2.05, 4.69) is 31.2 Å².